The summed E-state index contributed by atoms with van der Waals surface area (Å²) in [7, 11) is 0. The Balaban J connectivity index is 2.09. The topological polar surface area (TPSA) is 21.3 Å². The van der Waals surface area contributed by atoms with Crippen molar-refractivity contribution in [3.05, 3.63) is 59.7 Å². The van der Waals surface area contributed by atoms with Gasteiger partial charge in [0, 0.05) is 6.54 Å². The molecule has 0 aliphatic heterocycles. The third-order valence-electron chi connectivity index (χ3n) is 2.86. The van der Waals surface area contributed by atoms with E-state index in [2.05, 4.69) is 31.3 Å². The molecule has 0 atom stereocenters. The molecule has 2 aromatic carbocycles. The summed E-state index contributed by atoms with van der Waals surface area (Å²) in [4.78, 5) is 0. The van der Waals surface area contributed by atoms with Crippen molar-refractivity contribution in [3.63, 3.8) is 0 Å². The highest BCUT2D eigenvalue weighted by atomic mass is 16.5. The highest BCUT2D eigenvalue weighted by molar-refractivity contribution is 5.37. The van der Waals surface area contributed by atoms with E-state index in [-0.39, 0.29) is 0 Å². The van der Waals surface area contributed by atoms with Crippen LogP contribution in [0.4, 0.5) is 0 Å². The van der Waals surface area contributed by atoms with Crippen LogP contribution in [0.3, 0.4) is 0 Å². The first-order chi connectivity index (χ1) is 8.79. The first-order valence-corrected chi connectivity index (χ1v) is 6.32. The Morgan fingerprint density at radius 3 is 2.44 bits per heavy atom. The molecule has 2 aromatic rings. The van der Waals surface area contributed by atoms with Gasteiger partial charge in [0.05, 0.1) is 0 Å². The number of nitrogens with one attached hydrogen (secondary N) is 1. The number of rotatable bonds is 5. The van der Waals surface area contributed by atoms with Crippen molar-refractivity contribution in [3.8, 4) is 11.5 Å². The fraction of sp³-hybridized carbons (Fsp3) is 0.250. The van der Waals surface area contributed by atoms with Crippen LogP contribution in [0.1, 0.15) is 18.1 Å². The first-order valence-electron chi connectivity index (χ1n) is 6.32. The molecule has 0 bridgehead atoms. The normalized spacial score (nSPS) is 10.3. The van der Waals surface area contributed by atoms with Crippen molar-refractivity contribution in [1.29, 1.82) is 0 Å². The molecule has 0 aliphatic rings. The van der Waals surface area contributed by atoms with Crippen LogP contribution in [0, 0.1) is 6.92 Å². The number of hydrogen-bond acceptors (Lipinski definition) is 2. The third-order valence-corrected chi connectivity index (χ3v) is 2.86. The van der Waals surface area contributed by atoms with E-state index in [1.807, 2.05) is 36.4 Å². The van der Waals surface area contributed by atoms with Gasteiger partial charge in [0.1, 0.15) is 11.5 Å². The second kappa shape index (κ2) is 6.22. The summed E-state index contributed by atoms with van der Waals surface area (Å²) in [6.07, 6.45) is 0. The molecule has 2 heteroatoms. The number of hydrogen-bond donors (Lipinski definition) is 1. The Labute approximate surface area is 109 Å². The first kappa shape index (κ1) is 12.7. The summed E-state index contributed by atoms with van der Waals surface area (Å²) in [5.41, 5.74) is 2.57. The van der Waals surface area contributed by atoms with Crippen LogP contribution < -0.4 is 10.1 Å². The van der Waals surface area contributed by atoms with Gasteiger partial charge in [-0.1, -0.05) is 31.2 Å². The van der Waals surface area contributed by atoms with Crippen LogP contribution in [-0.4, -0.2) is 6.54 Å². The number of aryl methyl sites for hydroxylation is 1. The molecule has 0 heterocycles. The van der Waals surface area contributed by atoms with Crippen LogP contribution in [0.25, 0.3) is 0 Å². The Morgan fingerprint density at radius 1 is 1.00 bits per heavy atom. The molecule has 2 nitrogen and oxygen atoms in total. The lowest BCUT2D eigenvalue weighted by atomic mass is 10.1. The Hall–Kier alpha value is -1.80. The Kier molecular flexibility index (Phi) is 4.37. The SMILES string of the molecule is CCNCc1ccc(Oc2ccccc2)cc1C. The molecule has 1 N–H and O–H groups in total. The molecule has 18 heavy (non-hydrogen) atoms. The highest BCUT2D eigenvalue weighted by Gasteiger charge is 2.01. The van der Waals surface area contributed by atoms with Crippen molar-refractivity contribution < 1.29 is 4.74 Å². The molecule has 0 fully saturated rings. The van der Waals surface area contributed by atoms with E-state index >= 15 is 0 Å². The van der Waals surface area contributed by atoms with Gasteiger partial charge in [-0.25, -0.2) is 0 Å². The maximum Gasteiger partial charge on any atom is 0.127 e. The summed E-state index contributed by atoms with van der Waals surface area (Å²) >= 11 is 0. The van der Waals surface area contributed by atoms with Gasteiger partial charge in [-0.3, -0.25) is 0 Å². The van der Waals surface area contributed by atoms with Gasteiger partial charge in [-0.05, 0) is 48.9 Å². The molecule has 0 spiro atoms. The monoisotopic (exact) mass is 241 g/mol. The molecule has 0 saturated carbocycles. The van der Waals surface area contributed by atoms with Crippen LogP contribution in [0.2, 0.25) is 0 Å². The third kappa shape index (κ3) is 3.34. The van der Waals surface area contributed by atoms with Crippen molar-refractivity contribution in [2.45, 2.75) is 20.4 Å². The quantitative estimate of drug-likeness (QED) is 0.857. The highest BCUT2D eigenvalue weighted by Crippen LogP contribution is 2.23. The summed E-state index contributed by atoms with van der Waals surface area (Å²) in [5, 5.41) is 3.33. The van der Waals surface area contributed by atoms with E-state index in [1.165, 1.54) is 11.1 Å². The number of ether oxygens (including phenoxy) is 1. The predicted molar refractivity (Wildman–Crippen MR) is 75.1 cm³/mol. The standard InChI is InChI=1S/C16H19NO/c1-3-17-12-14-9-10-16(11-13(14)2)18-15-7-5-4-6-8-15/h4-11,17H,3,12H2,1-2H3. The van der Waals surface area contributed by atoms with E-state index in [0.29, 0.717) is 0 Å². The second-order valence-electron chi connectivity index (χ2n) is 4.28. The van der Waals surface area contributed by atoms with Crippen LogP contribution in [0.5, 0.6) is 11.5 Å². The molecule has 2 rings (SSSR count). The van der Waals surface area contributed by atoms with Gasteiger partial charge >= 0.3 is 0 Å². The van der Waals surface area contributed by atoms with Gasteiger partial charge in [-0.2, -0.15) is 0 Å². The van der Waals surface area contributed by atoms with Crippen molar-refractivity contribution >= 4 is 0 Å². The Morgan fingerprint density at radius 2 is 1.78 bits per heavy atom. The van der Waals surface area contributed by atoms with E-state index in [4.69, 9.17) is 4.74 Å². The summed E-state index contributed by atoms with van der Waals surface area (Å²) in [6, 6.07) is 16.1. The summed E-state index contributed by atoms with van der Waals surface area (Å²) < 4.78 is 5.80. The average molecular weight is 241 g/mol. The minimum atomic E-state index is 0.872. The smallest absolute Gasteiger partial charge is 0.127 e. The molecular formula is C16H19NO. The fourth-order valence-corrected chi connectivity index (χ4v) is 1.81. The van der Waals surface area contributed by atoms with Crippen LogP contribution >= 0.6 is 0 Å². The zero-order valence-corrected chi connectivity index (χ0v) is 10.9. The lowest BCUT2D eigenvalue weighted by Crippen LogP contribution is -2.12. The van der Waals surface area contributed by atoms with Gasteiger partial charge in [-0.15, -0.1) is 0 Å². The van der Waals surface area contributed by atoms with Gasteiger partial charge in [0.15, 0.2) is 0 Å². The molecule has 0 aromatic heterocycles. The van der Waals surface area contributed by atoms with Gasteiger partial charge < -0.3 is 10.1 Å². The molecular weight excluding hydrogens is 222 g/mol. The van der Waals surface area contributed by atoms with E-state index in [0.717, 1.165) is 24.6 Å². The molecule has 0 saturated heterocycles. The Bertz CT molecular complexity index is 494. The van der Waals surface area contributed by atoms with Crippen LogP contribution in [-0.2, 0) is 6.54 Å². The molecule has 0 aliphatic carbocycles. The predicted octanol–water partition coefficient (Wildman–Crippen LogP) is 3.90. The maximum absolute atomic E-state index is 5.80. The lowest BCUT2D eigenvalue weighted by Gasteiger charge is -2.10. The minimum absolute atomic E-state index is 0.872. The second-order valence-corrected chi connectivity index (χ2v) is 4.28. The zero-order chi connectivity index (χ0) is 12.8. The summed E-state index contributed by atoms with van der Waals surface area (Å²) in [5.74, 6) is 1.76. The van der Waals surface area contributed by atoms with Crippen molar-refractivity contribution in [2.75, 3.05) is 6.54 Å². The van der Waals surface area contributed by atoms with E-state index < -0.39 is 0 Å². The fourth-order valence-electron chi connectivity index (χ4n) is 1.81. The van der Waals surface area contributed by atoms with Gasteiger partial charge in [0.2, 0.25) is 0 Å². The molecule has 0 amide bonds. The maximum atomic E-state index is 5.80. The molecule has 0 unspecified atom stereocenters. The van der Waals surface area contributed by atoms with Crippen LogP contribution in [0.15, 0.2) is 48.5 Å². The summed E-state index contributed by atoms with van der Waals surface area (Å²) in [6.45, 7) is 6.13. The number of para-hydroxylation sites is 1. The van der Waals surface area contributed by atoms with Crippen molar-refractivity contribution in [2.24, 2.45) is 0 Å². The molecule has 94 valence electrons. The lowest BCUT2D eigenvalue weighted by molar-refractivity contribution is 0.482. The van der Waals surface area contributed by atoms with Gasteiger partial charge in [0.25, 0.3) is 0 Å². The average Bonchev–Trinajstić information content (AvgIpc) is 2.39. The minimum Gasteiger partial charge on any atom is -0.457 e. The van der Waals surface area contributed by atoms with E-state index in [9.17, 15) is 0 Å². The van der Waals surface area contributed by atoms with E-state index in [1.54, 1.807) is 0 Å². The zero-order valence-electron chi connectivity index (χ0n) is 10.9. The molecule has 0 radical (unpaired) electrons. The number of benzene rings is 2. The van der Waals surface area contributed by atoms with Crippen molar-refractivity contribution in [1.82, 2.24) is 5.32 Å². The largest absolute Gasteiger partial charge is 0.457 e.